The Balaban J connectivity index is 2.15. The Labute approximate surface area is 89.5 Å². The molecule has 0 spiro atoms. The van der Waals surface area contributed by atoms with Crippen LogP contribution in [0.3, 0.4) is 0 Å². The van der Waals surface area contributed by atoms with Gasteiger partial charge in [-0.3, -0.25) is 0 Å². The van der Waals surface area contributed by atoms with Crippen molar-refractivity contribution in [3.8, 4) is 0 Å². The van der Waals surface area contributed by atoms with Gasteiger partial charge >= 0.3 is 0 Å². The predicted octanol–water partition coefficient (Wildman–Crippen LogP) is 1.45. The van der Waals surface area contributed by atoms with Crippen LogP contribution in [-0.4, -0.2) is 22.1 Å². The highest BCUT2D eigenvalue weighted by Gasteiger charge is 2.37. The summed E-state index contributed by atoms with van der Waals surface area (Å²) in [5.41, 5.74) is 5.84. The number of nitrogens with zero attached hydrogens (tertiary/aromatic N) is 2. The third-order valence-electron chi connectivity index (χ3n) is 2.53. The summed E-state index contributed by atoms with van der Waals surface area (Å²) >= 11 is 0. The van der Waals surface area contributed by atoms with Crippen molar-refractivity contribution in [1.82, 2.24) is 9.97 Å². The number of nitrogen functional groups attached to an aromatic ring is 1. The number of nitrogens with one attached hydrogen (secondary N) is 2. The lowest BCUT2D eigenvalue weighted by molar-refractivity contribution is 0.820. The minimum absolute atomic E-state index is 0.213. The maximum Gasteiger partial charge on any atom is 0.223 e. The van der Waals surface area contributed by atoms with Gasteiger partial charge in [-0.05, 0) is 26.7 Å². The number of aromatic nitrogens is 2. The molecule has 1 saturated carbocycles. The maximum atomic E-state index is 5.63. The van der Waals surface area contributed by atoms with Gasteiger partial charge in [0, 0.05) is 18.2 Å². The van der Waals surface area contributed by atoms with Crippen LogP contribution in [0.2, 0.25) is 0 Å². The zero-order chi connectivity index (χ0) is 10.9. The lowest BCUT2D eigenvalue weighted by Gasteiger charge is -2.13. The van der Waals surface area contributed by atoms with Gasteiger partial charge in [-0.1, -0.05) is 0 Å². The summed E-state index contributed by atoms with van der Waals surface area (Å²) in [6, 6.07) is 1.89. The molecule has 1 aliphatic rings. The Hall–Kier alpha value is -1.52. The van der Waals surface area contributed by atoms with Crippen LogP contribution in [0.4, 0.5) is 17.6 Å². The lowest BCUT2D eigenvalue weighted by Crippen LogP contribution is -2.18. The summed E-state index contributed by atoms with van der Waals surface area (Å²) in [5.74, 6) is 1.88. The highest BCUT2D eigenvalue weighted by Crippen LogP contribution is 2.37. The van der Waals surface area contributed by atoms with E-state index < -0.39 is 0 Å². The van der Waals surface area contributed by atoms with E-state index >= 15 is 0 Å². The smallest absolute Gasteiger partial charge is 0.223 e. The summed E-state index contributed by atoms with van der Waals surface area (Å²) in [4.78, 5) is 8.25. The van der Waals surface area contributed by atoms with Crippen molar-refractivity contribution in [2.75, 3.05) is 22.9 Å². The summed E-state index contributed by atoms with van der Waals surface area (Å²) in [7, 11) is 0. The van der Waals surface area contributed by atoms with E-state index in [-0.39, 0.29) is 5.54 Å². The molecule has 0 radical (unpaired) electrons. The molecule has 1 aliphatic carbocycles. The molecule has 0 amide bonds. The van der Waals surface area contributed by atoms with Crippen LogP contribution in [0.5, 0.6) is 0 Å². The molecule has 5 heteroatoms. The fourth-order valence-corrected chi connectivity index (χ4v) is 1.42. The number of anilines is 3. The predicted molar refractivity (Wildman–Crippen MR) is 61.9 cm³/mol. The Kier molecular flexibility index (Phi) is 2.38. The van der Waals surface area contributed by atoms with Crippen molar-refractivity contribution in [3.63, 3.8) is 0 Å². The molecule has 0 unspecified atom stereocenters. The van der Waals surface area contributed by atoms with Crippen LogP contribution < -0.4 is 16.4 Å². The molecule has 5 nitrogen and oxygen atoms in total. The van der Waals surface area contributed by atoms with Crippen molar-refractivity contribution in [1.29, 1.82) is 0 Å². The van der Waals surface area contributed by atoms with Crippen LogP contribution in [-0.2, 0) is 0 Å². The fourth-order valence-electron chi connectivity index (χ4n) is 1.42. The topological polar surface area (TPSA) is 75.9 Å². The average Bonchev–Trinajstić information content (AvgIpc) is 2.82. The van der Waals surface area contributed by atoms with Gasteiger partial charge in [0.1, 0.15) is 11.6 Å². The molecule has 1 aromatic heterocycles. The van der Waals surface area contributed by atoms with Crippen LogP contribution in [0, 0.1) is 0 Å². The second-order valence-corrected chi connectivity index (χ2v) is 4.21. The zero-order valence-corrected chi connectivity index (χ0v) is 9.17. The van der Waals surface area contributed by atoms with Crippen LogP contribution in [0.15, 0.2) is 6.07 Å². The first-order valence-corrected chi connectivity index (χ1v) is 5.28. The van der Waals surface area contributed by atoms with Gasteiger partial charge in [0.2, 0.25) is 5.95 Å². The Morgan fingerprint density at radius 2 is 2.07 bits per heavy atom. The largest absolute Gasteiger partial charge is 0.370 e. The van der Waals surface area contributed by atoms with Crippen LogP contribution >= 0.6 is 0 Å². The summed E-state index contributed by atoms with van der Waals surface area (Å²) in [6.45, 7) is 5.03. The molecule has 1 fully saturated rings. The molecule has 82 valence electrons. The molecule has 0 bridgehead atoms. The third kappa shape index (κ3) is 2.49. The summed E-state index contributed by atoms with van der Waals surface area (Å²) < 4.78 is 0. The number of hydrogen-bond donors (Lipinski definition) is 3. The van der Waals surface area contributed by atoms with E-state index in [0.29, 0.717) is 5.95 Å². The molecular formula is C10H17N5. The number of rotatable bonds is 4. The summed E-state index contributed by atoms with van der Waals surface area (Å²) in [5, 5.41) is 6.48. The molecule has 0 atom stereocenters. The van der Waals surface area contributed by atoms with Crippen molar-refractivity contribution in [2.45, 2.75) is 32.2 Å². The molecule has 1 heterocycles. The van der Waals surface area contributed by atoms with Gasteiger partial charge in [0.15, 0.2) is 0 Å². The molecule has 15 heavy (non-hydrogen) atoms. The van der Waals surface area contributed by atoms with Gasteiger partial charge in [0.25, 0.3) is 0 Å². The number of nitrogens with two attached hydrogens (primary N) is 1. The first kappa shape index (κ1) is 10.0. The lowest BCUT2D eigenvalue weighted by atomic mass is 10.3. The van der Waals surface area contributed by atoms with Gasteiger partial charge in [0.05, 0.1) is 0 Å². The molecule has 0 aromatic carbocycles. The molecule has 1 aromatic rings. The first-order valence-electron chi connectivity index (χ1n) is 5.28. The number of hydrogen-bond acceptors (Lipinski definition) is 5. The van der Waals surface area contributed by atoms with Crippen molar-refractivity contribution >= 4 is 17.6 Å². The standard InChI is InChI=1S/C10H17N5/c1-3-12-7-6-8(14-9(11)13-7)15-10(2)4-5-10/h6H,3-5H2,1-2H3,(H4,11,12,13,14,15). The third-order valence-corrected chi connectivity index (χ3v) is 2.53. The molecular weight excluding hydrogens is 190 g/mol. The molecule has 0 saturated heterocycles. The van der Waals surface area contributed by atoms with Gasteiger partial charge < -0.3 is 16.4 Å². The minimum atomic E-state index is 0.213. The van der Waals surface area contributed by atoms with Crippen molar-refractivity contribution < 1.29 is 0 Å². The second-order valence-electron chi connectivity index (χ2n) is 4.21. The van der Waals surface area contributed by atoms with E-state index in [1.807, 2.05) is 13.0 Å². The fraction of sp³-hybridized carbons (Fsp3) is 0.600. The minimum Gasteiger partial charge on any atom is -0.370 e. The highest BCUT2D eigenvalue weighted by atomic mass is 15.2. The van der Waals surface area contributed by atoms with E-state index in [1.54, 1.807) is 0 Å². The Morgan fingerprint density at radius 1 is 1.40 bits per heavy atom. The van der Waals surface area contributed by atoms with Crippen molar-refractivity contribution in [2.24, 2.45) is 0 Å². The monoisotopic (exact) mass is 207 g/mol. The van der Waals surface area contributed by atoms with Gasteiger partial charge in [-0.15, -0.1) is 0 Å². The SMILES string of the molecule is CCNc1cc(NC2(C)CC2)nc(N)n1. The summed E-state index contributed by atoms with van der Waals surface area (Å²) in [6.07, 6.45) is 2.38. The Bertz CT molecular complexity index is 359. The van der Waals surface area contributed by atoms with Gasteiger partial charge in [-0.2, -0.15) is 9.97 Å². The van der Waals surface area contributed by atoms with E-state index in [1.165, 1.54) is 12.8 Å². The van der Waals surface area contributed by atoms with E-state index in [9.17, 15) is 0 Å². The highest BCUT2D eigenvalue weighted by molar-refractivity contribution is 5.52. The van der Waals surface area contributed by atoms with Crippen LogP contribution in [0.1, 0.15) is 26.7 Å². The maximum absolute atomic E-state index is 5.63. The second kappa shape index (κ2) is 3.56. The Morgan fingerprint density at radius 3 is 2.67 bits per heavy atom. The molecule has 4 N–H and O–H groups in total. The average molecular weight is 207 g/mol. The van der Waals surface area contributed by atoms with E-state index in [2.05, 4.69) is 27.5 Å². The van der Waals surface area contributed by atoms with Crippen LogP contribution in [0.25, 0.3) is 0 Å². The quantitative estimate of drug-likeness (QED) is 0.696. The van der Waals surface area contributed by atoms with E-state index in [4.69, 9.17) is 5.73 Å². The van der Waals surface area contributed by atoms with Gasteiger partial charge in [-0.25, -0.2) is 0 Å². The van der Waals surface area contributed by atoms with Crippen molar-refractivity contribution in [3.05, 3.63) is 6.07 Å². The zero-order valence-electron chi connectivity index (χ0n) is 9.17. The molecule has 2 rings (SSSR count). The molecule has 0 aliphatic heterocycles. The van der Waals surface area contributed by atoms with E-state index in [0.717, 1.165) is 18.2 Å². The normalized spacial score (nSPS) is 17.2. The first-order chi connectivity index (χ1) is 7.11.